The molecule has 22 heavy (non-hydrogen) atoms. The van der Waals surface area contributed by atoms with E-state index in [9.17, 15) is 9.90 Å². The molecule has 6 heteroatoms. The van der Waals surface area contributed by atoms with E-state index in [-0.39, 0.29) is 5.69 Å². The number of nitrogens with two attached hydrogens (primary N) is 1. The summed E-state index contributed by atoms with van der Waals surface area (Å²) in [6.45, 7) is 1.89. The summed E-state index contributed by atoms with van der Waals surface area (Å²) in [6.07, 6.45) is 1.69. The topological polar surface area (TPSA) is 89.8 Å². The molecule has 3 N–H and O–H groups in total. The Morgan fingerprint density at radius 2 is 2.14 bits per heavy atom. The third kappa shape index (κ3) is 2.05. The van der Waals surface area contributed by atoms with Crippen molar-refractivity contribution in [2.24, 2.45) is 0 Å². The minimum absolute atomic E-state index is 0.114. The smallest absolute Gasteiger partial charge is 0.355 e. The number of rotatable bonds is 3. The molecule has 112 valence electrons. The van der Waals surface area contributed by atoms with Crippen molar-refractivity contribution in [2.45, 2.75) is 6.92 Å². The van der Waals surface area contributed by atoms with E-state index in [0.717, 1.165) is 5.56 Å². The number of imidazole rings is 1. The lowest BCUT2D eigenvalue weighted by Crippen LogP contribution is -2.04. The van der Waals surface area contributed by atoms with Gasteiger partial charge in [-0.05, 0) is 36.8 Å². The van der Waals surface area contributed by atoms with Gasteiger partial charge in [0.2, 0.25) is 0 Å². The second-order valence-corrected chi connectivity index (χ2v) is 4.96. The van der Waals surface area contributed by atoms with Crippen LogP contribution >= 0.6 is 0 Å². The third-order valence-corrected chi connectivity index (χ3v) is 3.55. The predicted octanol–water partition coefficient (Wildman–Crippen LogP) is 2.60. The van der Waals surface area contributed by atoms with Gasteiger partial charge in [0.25, 0.3) is 0 Å². The fourth-order valence-corrected chi connectivity index (χ4v) is 2.49. The number of nitrogen functional groups attached to an aromatic ring is 1. The molecule has 0 spiro atoms. The van der Waals surface area contributed by atoms with Gasteiger partial charge in [-0.25, -0.2) is 9.78 Å². The Hall–Kier alpha value is -3.02. The molecule has 0 saturated carbocycles. The quantitative estimate of drug-likeness (QED) is 0.725. The number of methoxy groups -OCH3 is 1. The van der Waals surface area contributed by atoms with Gasteiger partial charge in [-0.2, -0.15) is 0 Å². The molecule has 2 aromatic heterocycles. The number of aromatic nitrogens is 2. The van der Waals surface area contributed by atoms with Crippen molar-refractivity contribution in [3.63, 3.8) is 0 Å². The molecular weight excluding hydrogens is 282 g/mol. The molecule has 0 aliphatic carbocycles. The molecule has 0 unspecified atom stereocenters. The second-order valence-electron chi connectivity index (χ2n) is 4.96. The van der Waals surface area contributed by atoms with E-state index in [1.807, 2.05) is 13.0 Å². The molecule has 0 aliphatic rings. The van der Waals surface area contributed by atoms with Gasteiger partial charge in [0.05, 0.1) is 12.8 Å². The summed E-state index contributed by atoms with van der Waals surface area (Å²) in [6, 6.07) is 8.80. The molecule has 2 heterocycles. The average molecular weight is 297 g/mol. The van der Waals surface area contributed by atoms with Crippen molar-refractivity contribution in [2.75, 3.05) is 12.8 Å². The van der Waals surface area contributed by atoms with Crippen molar-refractivity contribution in [3.05, 3.63) is 47.8 Å². The SMILES string of the molecule is COc1ccc(-c2nc3c(C)cccn3c2C(=O)O)cc1N. The molecule has 0 fully saturated rings. The Labute approximate surface area is 126 Å². The maximum absolute atomic E-state index is 11.7. The summed E-state index contributed by atoms with van der Waals surface area (Å²) >= 11 is 0. The monoisotopic (exact) mass is 297 g/mol. The number of anilines is 1. The number of benzene rings is 1. The number of aromatic carboxylic acids is 1. The number of carboxylic acid groups (broad SMARTS) is 1. The first-order chi connectivity index (χ1) is 10.5. The minimum Gasteiger partial charge on any atom is -0.495 e. The van der Waals surface area contributed by atoms with Crippen molar-refractivity contribution < 1.29 is 14.6 Å². The van der Waals surface area contributed by atoms with Crippen LogP contribution in [0.25, 0.3) is 16.9 Å². The van der Waals surface area contributed by atoms with Gasteiger partial charge in [0.15, 0.2) is 5.69 Å². The van der Waals surface area contributed by atoms with Crippen LogP contribution in [-0.2, 0) is 0 Å². The lowest BCUT2D eigenvalue weighted by atomic mass is 10.1. The number of aryl methyl sites for hydroxylation is 1. The number of nitrogens with zero attached hydrogens (tertiary/aromatic N) is 2. The zero-order valence-corrected chi connectivity index (χ0v) is 12.2. The van der Waals surface area contributed by atoms with E-state index in [0.29, 0.717) is 28.3 Å². The number of carbonyl (C=O) groups is 1. The highest BCUT2D eigenvalue weighted by Crippen LogP contribution is 2.31. The van der Waals surface area contributed by atoms with Crippen LogP contribution < -0.4 is 10.5 Å². The first-order valence-corrected chi connectivity index (χ1v) is 6.67. The molecule has 0 aliphatic heterocycles. The van der Waals surface area contributed by atoms with Crippen LogP contribution in [0.1, 0.15) is 16.1 Å². The molecule has 0 bridgehead atoms. The van der Waals surface area contributed by atoms with E-state index >= 15 is 0 Å². The van der Waals surface area contributed by atoms with Crippen LogP contribution in [0, 0.1) is 6.92 Å². The first kappa shape index (κ1) is 13.9. The number of carboxylic acids is 1. The number of fused-ring (bicyclic) bond motifs is 1. The summed E-state index contributed by atoms with van der Waals surface area (Å²) in [5.41, 5.74) is 9.00. The fraction of sp³-hybridized carbons (Fsp3) is 0.125. The van der Waals surface area contributed by atoms with Gasteiger partial charge in [-0.3, -0.25) is 4.40 Å². The standard InChI is InChI=1S/C16H15N3O3/c1-9-4-3-7-19-14(16(20)21)13(18-15(9)19)10-5-6-12(22-2)11(17)8-10/h3-8H,17H2,1-2H3,(H,20,21). The molecule has 0 amide bonds. The second kappa shape index (κ2) is 5.07. The highest BCUT2D eigenvalue weighted by atomic mass is 16.5. The van der Waals surface area contributed by atoms with E-state index in [1.54, 1.807) is 34.9 Å². The average Bonchev–Trinajstić information content (AvgIpc) is 2.88. The Balaban J connectivity index is 2.30. The zero-order chi connectivity index (χ0) is 15.9. The lowest BCUT2D eigenvalue weighted by molar-refractivity contribution is 0.0690. The lowest BCUT2D eigenvalue weighted by Gasteiger charge is -2.06. The number of hydrogen-bond acceptors (Lipinski definition) is 4. The van der Waals surface area contributed by atoms with Crippen molar-refractivity contribution in [1.29, 1.82) is 0 Å². The molecule has 3 aromatic rings. The molecule has 6 nitrogen and oxygen atoms in total. The Morgan fingerprint density at radius 1 is 1.36 bits per heavy atom. The molecule has 0 atom stereocenters. The van der Waals surface area contributed by atoms with Crippen LogP contribution in [0.4, 0.5) is 5.69 Å². The summed E-state index contributed by atoms with van der Waals surface area (Å²) in [7, 11) is 1.53. The maximum atomic E-state index is 11.7. The van der Waals surface area contributed by atoms with Crippen molar-refractivity contribution >= 4 is 17.3 Å². The largest absolute Gasteiger partial charge is 0.495 e. The molecular formula is C16H15N3O3. The predicted molar refractivity (Wildman–Crippen MR) is 83.3 cm³/mol. The molecule has 3 rings (SSSR count). The molecule has 1 aromatic carbocycles. The third-order valence-electron chi connectivity index (χ3n) is 3.55. The van der Waals surface area contributed by atoms with Gasteiger partial charge >= 0.3 is 5.97 Å². The molecule has 0 radical (unpaired) electrons. The van der Waals surface area contributed by atoms with Crippen LogP contribution in [0.5, 0.6) is 5.75 Å². The fourth-order valence-electron chi connectivity index (χ4n) is 2.49. The Morgan fingerprint density at radius 3 is 2.77 bits per heavy atom. The summed E-state index contributed by atoms with van der Waals surface area (Å²) in [5.74, 6) is -0.497. The van der Waals surface area contributed by atoms with Crippen LogP contribution in [-0.4, -0.2) is 27.6 Å². The summed E-state index contributed by atoms with van der Waals surface area (Å²) in [5, 5.41) is 9.56. The highest BCUT2D eigenvalue weighted by Gasteiger charge is 2.21. The normalized spacial score (nSPS) is 10.8. The number of hydrogen-bond donors (Lipinski definition) is 2. The van der Waals surface area contributed by atoms with Crippen LogP contribution in [0.2, 0.25) is 0 Å². The zero-order valence-electron chi connectivity index (χ0n) is 12.2. The van der Waals surface area contributed by atoms with E-state index < -0.39 is 5.97 Å². The van der Waals surface area contributed by atoms with Crippen LogP contribution in [0.3, 0.4) is 0 Å². The first-order valence-electron chi connectivity index (χ1n) is 6.67. The van der Waals surface area contributed by atoms with Gasteiger partial charge in [0, 0.05) is 11.8 Å². The maximum Gasteiger partial charge on any atom is 0.355 e. The number of ether oxygens (including phenoxy) is 1. The van der Waals surface area contributed by atoms with Gasteiger partial charge in [-0.1, -0.05) is 6.07 Å². The van der Waals surface area contributed by atoms with Crippen LogP contribution in [0.15, 0.2) is 36.5 Å². The summed E-state index contributed by atoms with van der Waals surface area (Å²) < 4.78 is 6.70. The van der Waals surface area contributed by atoms with E-state index in [1.165, 1.54) is 7.11 Å². The number of pyridine rings is 1. The van der Waals surface area contributed by atoms with E-state index in [2.05, 4.69) is 4.98 Å². The van der Waals surface area contributed by atoms with Gasteiger partial charge in [0.1, 0.15) is 17.1 Å². The Bertz CT molecular complexity index is 884. The van der Waals surface area contributed by atoms with Gasteiger partial charge in [-0.15, -0.1) is 0 Å². The van der Waals surface area contributed by atoms with E-state index in [4.69, 9.17) is 10.5 Å². The summed E-state index contributed by atoms with van der Waals surface area (Å²) in [4.78, 5) is 16.2. The van der Waals surface area contributed by atoms with Crippen molar-refractivity contribution in [3.8, 4) is 17.0 Å². The Kier molecular flexibility index (Phi) is 3.21. The van der Waals surface area contributed by atoms with Crippen molar-refractivity contribution in [1.82, 2.24) is 9.38 Å². The minimum atomic E-state index is -1.04. The van der Waals surface area contributed by atoms with Gasteiger partial charge < -0.3 is 15.6 Å². The molecule has 0 saturated heterocycles. The highest BCUT2D eigenvalue weighted by molar-refractivity contribution is 5.95.